The quantitative estimate of drug-likeness (QED) is 0.378. The largest absolute Gasteiger partial charge is 0.490 e. The molecular weight excluding hydrogens is 476 g/mol. The summed E-state index contributed by atoms with van der Waals surface area (Å²) >= 11 is 0. The van der Waals surface area contributed by atoms with Gasteiger partial charge in [0.1, 0.15) is 11.8 Å². The number of benzene rings is 3. The maximum absolute atomic E-state index is 12.9. The van der Waals surface area contributed by atoms with E-state index in [0.717, 1.165) is 16.7 Å². The average molecular weight is 501 g/mol. The van der Waals surface area contributed by atoms with Gasteiger partial charge in [-0.2, -0.15) is 10.2 Å². The number of fused-ring (bicyclic) bond motifs is 1. The number of ether oxygens (including phenoxy) is 1. The highest BCUT2D eigenvalue weighted by molar-refractivity contribution is 7.89. The van der Waals surface area contributed by atoms with Gasteiger partial charge in [0.15, 0.2) is 0 Å². The average Bonchev–Trinajstić information content (AvgIpc) is 3.52. The number of sulfonamides is 1. The summed E-state index contributed by atoms with van der Waals surface area (Å²) in [5.74, 6) is 1.20. The lowest BCUT2D eigenvalue weighted by atomic mass is 10.0. The number of nitrogens with zero attached hydrogens (tertiary/aromatic N) is 3. The molecule has 1 N–H and O–H groups in total. The van der Waals surface area contributed by atoms with Crippen LogP contribution >= 0.6 is 0 Å². The van der Waals surface area contributed by atoms with E-state index in [1.807, 2.05) is 32.0 Å². The molecule has 1 heterocycles. The van der Waals surface area contributed by atoms with Gasteiger partial charge in [-0.05, 0) is 68.1 Å². The highest BCUT2D eigenvalue weighted by Gasteiger charge is 2.30. The Balaban J connectivity index is 1.42. The third-order valence-corrected chi connectivity index (χ3v) is 7.49. The molecule has 5 rings (SSSR count). The summed E-state index contributed by atoms with van der Waals surface area (Å²) in [7, 11) is -3.65. The summed E-state index contributed by atoms with van der Waals surface area (Å²) in [6.07, 6.45) is 1.25. The molecule has 1 unspecified atom stereocenters. The Morgan fingerprint density at radius 1 is 1.11 bits per heavy atom. The molecule has 36 heavy (non-hydrogen) atoms. The van der Waals surface area contributed by atoms with Crippen molar-refractivity contribution in [2.24, 2.45) is 0 Å². The minimum absolute atomic E-state index is 0.0564. The number of rotatable bonds is 7. The van der Waals surface area contributed by atoms with Crippen molar-refractivity contribution in [2.75, 3.05) is 0 Å². The van der Waals surface area contributed by atoms with Gasteiger partial charge in [0.05, 0.1) is 16.6 Å². The lowest BCUT2D eigenvalue weighted by molar-refractivity contribution is 0.241. The first-order chi connectivity index (χ1) is 17.4. The molecule has 0 spiro atoms. The maximum atomic E-state index is 12.9. The summed E-state index contributed by atoms with van der Waals surface area (Å²) in [6.45, 7) is 3.80. The van der Waals surface area contributed by atoms with Gasteiger partial charge in [0, 0.05) is 17.2 Å². The van der Waals surface area contributed by atoms with Crippen LogP contribution in [0.4, 0.5) is 0 Å². The molecule has 1 aliphatic carbocycles. The van der Waals surface area contributed by atoms with Crippen LogP contribution in [-0.4, -0.2) is 24.7 Å². The van der Waals surface area contributed by atoms with Gasteiger partial charge in [0.25, 0.3) is 5.89 Å². The van der Waals surface area contributed by atoms with Crippen LogP contribution < -0.4 is 9.46 Å². The topological polar surface area (TPSA) is 118 Å². The van der Waals surface area contributed by atoms with E-state index in [1.54, 1.807) is 48.5 Å². The number of hydrogen-bond donors (Lipinski definition) is 1. The Hall–Kier alpha value is -4.00. The third kappa shape index (κ3) is 4.61. The van der Waals surface area contributed by atoms with Crippen LogP contribution in [0.1, 0.15) is 43.0 Å². The van der Waals surface area contributed by atoms with Gasteiger partial charge in [-0.25, -0.2) is 13.1 Å². The van der Waals surface area contributed by atoms with Gasteiger partial charge in [-0.15, -0.1) is 0 Å². The molecule has 8 nitrogen and oxygen atoms in total. The van der Waals surface area contributed by atoms with Crippen LogP contribution in [0.25, 0.3) is 22.8 Å². The van der Waals surface area contributed by atoms with Gasteiger partial charge in [0.2, 0.25) is 15.8 Å². The molecular formula is C27H24N4O4S. The molecule has 0 saturated carbocycles. The van der Waals surface area contributed by atoms with Crippen molar-refractivity contribution in [1.82, 2.24) is 14.9 Å². The Morgan fingerprint density at radius 3 is 2.67 bits per heavy atom. The lowest BCUT2D eigenvalue weighted by Gasteiger charge is -2.15. The van der Waals surface area contributed by atoms with Crippen LogP contribution in [0.5, 0.6) is 5.75 Å². The standard InChI is InChI=1S/C27H24N4O4S/c1-17(2)34-25-14-11-18(15-19(25)16-28)27-29-26(30-35-27)23-10-6-9-22-21(23)12-13-24(22)31-36(32,33)20-7-4-3-5-8-20/h3-11,14-15,17,24,31H,12-13H2,1-2H3. The van der Waals surface area contributed by atoms with Crippen LogP contribution in [0.3, 0.4) is 0 Å². The van der Waals surface area contributed by atoms with Gasteiger partial charge in [-0.1, -0.05) is 41.6 Å². The summed E-state index contributed by atoms with van der Waals surface area (Å²) in [5.41, 5.74) is 3.69. The molecule has 0 aliphatic heterocycles. The molecule has 9 heteroatoms. The summed E-state index contributed by atoms with van der Waals surface area (Å²) < 4.78 is 39.8. The lowest BCUT2D eigenvalue weighted by Crippen LogP contribution is -2.27. The zero-order valence-corrected chi connectivity index (χ0v) is 20.6. The molecule has 1 aliphatic rings. The Labute approximate surface area is 209 Å². The van der Waals surface area contributed by atoms with Crippen molar-refractivity contribution in [2.45, 2.75) is 43.7 Å². The molecule has 4 aromatic rings. The van der Waals surface area contributed by atoms with Crippen LogP contribution in [0.2, 0.25) is 0 Å². The minimum Gasteiger partial charge on any atom is -0.490 e. The fourth-order valence-electron chi connectivity index (χ4n) is 4.40. The second-order valence-electron chi connectivity index (χ2n) is 8.81. The SMILES string of the molecule is CC(C)Oc1ccc(-c2nc(-c3cccc4c3CCC4NS(=O)(=O)c3ccccc3)no2)cc1C#N. The minimum atomic E-state index is -3.65. The van der Waals surface area contributed by atoms with E-state index in [1.165, 1.54) is 0 Å². The van der Waals surface area contributed by atoms with E-state index in [-0.39, 0.29) is 22.9 Å². The second kappa shape index (κ2) is 9.57. The number of aromatic nitrogens is 2. The van der Waals surface area contributed by atoms with Crippen molar-refractivity contribution in [3.05, 3.63) is 83.4 Å². The van der Waals surface area contributed by atoms with E-state index >= 15 is 0 Å². The molecule has 0 bridgehead atoms. The maximum Gasteiger partial charge on any atom is 0.258 e. The number of nitrogens with one attached hydrogen (secondary N) is 1. The smallest absolute Gasteiger partial charge is 0.258 e. The molecule has 1 atom stereocenters. The summed E-state index contributed by atoms with van der Waals surface area (Å²) in [6, 6.07) is 21.0. The van der Waals surface area contributed by atoms with Crippen molar-refractivity contribution < 1.29 is 17.7 Å². The Bertz CT molecular complexity index is 1560. The number of nitriles is 1. The Kier molecular flexibility index (Phi) is 6.31. The molecule has 0 fully saturated rings. The van der Waals surface area contributed by atoms with E-state index in [4.69, 9.17) is 9.26 Å². The highest BCUT2D eigenvalue weighted by atomic mass is 32.2. The number of hydrogen-bond acceptors (Lipinski definition) is 7. The molecule has 1 aromatic heterocycles. The molecule has 182 valence electrons. The van der Waals surface area contributed by atoms with E-state index in [2.05, 4.69) is 20.9 Å². The molecule has 0 saturated heterocycles. The van der Waals surface area contributed by atoms with Crippen molar-refractivity contribution in [3.8, 4) is 34.7 Å². The highest BCUT2D eigenvalue weighted by Crippen LogP contribution is 2.38. The predicted octanol–water partition coefficient (Wildman–Crippen LogP) is 5.03. The van der Waals surface area contributed by atoms with Crippen LogP contribution in [0, 0.1) is 11.3 Å². The van der Waals surface area contributed by atoms with E-state index < -0.39 is 10.0 Å². The van der Waals surface area contributed by atoms with Gasteiger partial charge < -0.3 is 9.26 Å². The van der Waals surface area contributed by atoms with Crippen molar-refractivity contribution in [1.29, 1.82) is 5.26 Å². The molecule has 0 radical (unpaired) electrons. The van der Waals surface area contributed by atoms with Crippen LogP contribution in [-0.2, 0) is 16.4 Å². The third-order valence-electron chi connectivity index (χ3n) is 6.00. The molecule has 0 amide bonds. The van der Waals surface area contributed by atoms with Gasteiger partial charge in [-0.3, -0.25) is 0 Å². The summed E-state index contributed by atoms with van der Waals surface area (Å²) in [4.78, 5) is 4.81. The van der Waals surface area contributed by atoms with E-state index in [9.17, 15) is 13.7 Å². The zero-order chi connectivity index (χ0) is 25.3. The first kappa shape index (κ1) is 23.7. The van der Waals surface area contributed by atoms with Gasteiger partial charge >= 0.3 is 0 Å². The second-order valence-corrected chi connectivity index (χ2v) is 10.5. The molecule has 3 aromatic carbocycles. The predicted molar refractivity (Wildman–Crippen MR) is 133 cm³/mol. The fourth-order valence-corrected chi connectivity index (χ4v) is 5.67. The van der Waals surface area contributed by atoms with E-state index in [0.29, 0.717) is 35.5 Å². The fraction of sp³-hybridized carbons (Fsp3) is 0.222. The monoisotopic (exact) mass is 500 g/mol. The normalized spacial score (nSPS) is 15.0. The summed E-state index contributed by atoms with van der Waals surface area (Å²) in [5, 5.41) is 13.7. The van der Waals surface area contributed by atoms with Crippen molar-refractivity contribution >= 4 is 10.0 Å². The van der Waals surface area contributed by atoms with Crippen LogP contribution in [0.15, 0.2) is 76.1 Å². The van der Waals surface area contributed by atoms with Crippen molar-refractivity contribution in [3.63, 3.8) is 0 Å². The first-order valence-corrected chi connectivity index (χ1v) is 13.1. The first-order valence-electron chi connectivity index (χ1n) is 11.6. The zero-order valence-electron chi connectivity index (χ0n) is 19.8. The Morgan fingerprint density at radius 2 is 1.92 bits per heavy atom.